The van der Waals surface area contributed by atoms with Crippen molar-refractivity contribution in [3.8, 4) is 0 Å². The van der Waals surface area contributed by atoms with Crippen molar-refractivity contribution in [2.75, 3.05) is 6.61 Å². The van der Waals surface area contributed by atoms with Crippen molar-refractivity contribution in [2.45, 2.75) is 83.1 Å². The Hall–Kier alpha value is -1.47. The lowest BCUT2D eigenvalue weighted by Crippen LogP contribution is -2.63. The van der Waals surface area contributed by atoms with Crippen LogP contribution in [0.15, 0.2) is 36.0 Å². The molecule has 2 N–H and O–H groups in total. The highest BCUT2D eigenvalue weighted by atomic mass is 16.6. The Balaban J connectivity index is 1.52. The van der Waals surface area contributed by atoms with Gasteiger partial charge >= 0.3 is 5.97 Å². The highest BCUT2D eigenvalue weighted by Crippen LogP contribution is 2.71. The molecule has 3 fully saturated rings. The van der Waals surface area contributed by atoms with Gasteiger partial charge in [0.25, 0.3) is 0 Å². The van der Waals surface area contributed by atoms with Crippen molar-refractivity contribution >= 4 is 5.97 Å². The molecule has 6 heteroatoms. The maximum atomic E-state index is 12.5. The molecule has 2 bridgehead atoms. The summed E-state index contributed by atoms with van der Waals surface area (Å²) in [6.07, 6.45) is 8.59. The highest BCUT2D eigenvalue weighted by molar-refractivity contribution is 5.82. The van der Waals surface area contributed by atoms with Gasteiger partial charge in [0.1, 0.15) is 11.7 Å². The van der Waals surface area contributed by atoms with Gasteiger partial charge in [-0.05, 0) is 26.7 Å². The summed E-state index contributed by atoms with van der Waals surface area (Å²) in [5.74, 6) is -0.418. The van der Waals surface area contributed by atoms with Gasteiger partial charge in [0.2, 0.25) is 0 Å². The summed E-state index contributed by atoms with van der Waals surface area (Å²) in [4.78, 5) is 12.5. The molecule has 29 heavy (non-hydrogen) atoms. The Morgan fingerprint density at radius 3 is 2.72 bits per heavy atom. The number of aliphatic hydroxyl groups is 2. The van der Waals surface area contributed by atoms with Gasteiger partial charge in [0, 0.05) is 23.3 Å². The van der Waals surface area contributed by atoms with E-state index in [4.69, 9.17) is 14.2 Å². The quantitative estimate of drug-likeness (QED) is 0.241. The molecular weight excluding hydrogens is 372 g/mol. The topological polar surface area (TPSA) is 88.5 Å². The molecule has 2 aliphatic heterocycles. The number of epoxide rings is 1. The number of carbonyl (C=O) groups is 1. The molecule has 1 unspecified atom stereocenters. The lowest BCUT2D eigenvalue weighted by molar-refractivity contribution is -0.209. The summed E-state index contributed by atoms with van der Waals surface area (Å²) in [5.41, 5.74) is 0.525. The molecule has 0 aromatic rings. The van der Waals surface area contributed by atoms with E-state index in [0.29, 0.717) is 13.0 Å². The van der Waals surface area contributed by atoms with Crippen LogP contribution in [0.4, 0.5) is 0 Å². The Labute approximate surface area is 172 Å². The van der Waals surface area contributed by atoms with Gasteiger partial charge in [-0.3, -0.25) is 0 Å². The summed E-state index contributed by atoms with van der Waals surface area (Å²) in [5, 5.41) is 18.8. The second kappa shape index (κ2) is 7.05. The zero-order valence-corrected chi connectivity index (χ0v) is 17.6. The Morgan fingerprint density at radius 1 is 1.34 bits per heavy atom. The molecule has 2 aliphatic carbocycles. The van der Waals surface area contributed by atoms with Crippen molar-refractivity contribution in [1.29, 1.82) is 0 Å². The number of aliphatic hydroxyl groups excluding tert-OH is 2. The van der Waals surface area contributed by atoms with E-state index in [0.717, 1.165) is 12.8 Å². The summed E-state index contributed by atoms with van der Waals surface area (Å²) < 4.78 is 18.4. The normalized spacial score (nSPS) is 45.3. The first-order valence-electron chi connectivity index (χ1n) is 10.5. The molecule has 0 radical (unpaired) electrons. The van der Waals surface area contributed by atoms with Crippen molar-refractivity contribution in [2.24, 2.45) is 10.8 Å². The summed E-state index contributed by atoms with van der Waals surface area (Å²) >= 11 is 0. The highest BCUT2D eigenvalue weighted by Gasteiger charge is 2.81. The maximum absolute atomic E-state index is 12.5. The van der Waals surface area contributed by atoms with Gasteiger partial charge < -0.3 is 24.4 Å². The van der Waals surface area contributed by atoms with Gasteiger partial charge in [-0.25, -0.2) is 4.79 Å². The second-order valence-electron chi connectivity index (χ2n) is 9.49. The summed E-state index contributed by atoms with van der Waals surface area (Å²) in [7, 11) is 0. The summed E-state index contributed by atoms with van der Waals surface area (Å²) in [6.45, 7) is 8.77. The first-order valence-corrected chi connectivity index (χ1v) is 10.5. The zero-order valence-electron chi connectivity index (χ0n) is 17.6. The van der Waals surface area contributed by atoms with Crippen LogP contribution in [0.25, 0.3) is 0 Å². The number of hydrogen-bond donors (Lipinski definition) is 2. The number of esters is 1. The van der Waals surface area contributed by atoms with E-state index in [2.05, 4.69) is 26.8 Å². The van der Waals surface area contributed by atoms with E-state index < -0.39 is 18.2 Å². The van der Waals surface area contributed by atoms with E-state index >= 15 is 0 Å². The number of allylic oxidation sites excluding steroid dienone is 3. The van der Waals surface area contributed by atoms with E-state index in [1.807, 2.05) is 0 Å². The lowest BCUT2D eigenvalue weighted by atomic mass is 9.52. The SMILES string of the molecule is CC1=C[C@H]2O[C@@H]3C[C@@H](OC(=O)/C=C\C=C\[C@H](O)[C@H](C)O)[C@@](C)(C34CO4)[C@@]2(C)CC1. The van der Waals surface area contributed by atoms with Gasteiger partial charge in [-0.2, -0.15) is 0 Å². The minimum Gasteiger partial charge on any atom is -0.458 e. The van der Waals surface area contributed by atoms with Crippen LogP contribution in [0.1, 0.15) is 47.0 Å². The number of rotatable bonds is 5. The minimum absolute atomic E-state index is 0.0187. The number of hydrogen-bond acceptors (Lipinski definition) is 6. The zero-order chi connectivity index (χ0) is 21.0. The van der Waals surface area contributed by atoms with Crippen molar-refractivity contribution in [1.82, 2.24) is 0 Å². The molecule has 0 amide bonds. The van der Waals surface area contributed by atoms with Crippen molar-refractivity contribution in [3.05, 3.63) is 36.0 Å². The van der Waals surface area contributed by atoms with Crippen LogP contribution < -0.4 is 0 Å². The molecule has 2 heterocycles. The van der Waals surface area contributed by atoms with Crippen LogP contribution in [0, 0.1) is 10.8 Å². The minimum atomic E-state index is -0.965. The monoisotopic (exact) mass is 404 g/mol. The Kier molecular flexibility index (Phi) is 5.05. The van der Waals surface area contributed by atoms with Crippen LogP contribution in [0.2, 0.25) is 0 Å². The molecule has 2 saturated heterocycles. The molecule has 160 valence electrons. The molecule has 0 aromatic heterocycles. The fourth-order valence-corrected chi connectivity index (χ4v) is 5.67. The van der Waals surface area contributed by atoms with Crippen LogP contribution in [0.3, 0.4) is 0 Å². The third-order valence-electron chi connectivity index (χ3n) is 7.93. The summed E-state index contributed by atoms with van der Waals surface area (Å²) in [6, 6.07) is 0. The molecule has 1 spiro atoms. The average molecular weight is 405 g/mol. The molecule has 4 rings (SSSR count). The Morgan fingerprint density at radius 2 is 2.07 bits per heavy atom. The van der Waals surface area contributed by atoms with E-state index in [1.54, 1.807) is 0 Å². The first-order chi connectivity index (χ1) is 13.6. The molecular formula is C23H32O6. The van der Waals surface area contributed by atoms with Gasteiger partial charge in [-0.15, -0.1) is 0 Å². The largest absolute Gasteiger partial charge is 0.458 e. The molecule has 0 aromatic carbocycles. The van der Waals surface area contributed by atoms with Gasteiger partial charge in [0.15, 0.2) is 0 Å². The molecule has 8 atom stereocenters. The Bertz CT molecular complexity index is 763. The van der Waals surface area contributed by atoms with Crippen LogP contribution in [0.5, 0.6) is 0 Å². The first kappa shape index (κ1) is 20.8. The average Bonchev–Trinajstić information content (AvgIpc) is 3.43. The van der Waals surface area contributed by atoms with Gasteiger partial charge in [-0.1, -0.05) is 43.7 Å². The standard InChI is InChI=1S/C23H32O6/c1-14-9-10-21(3)17(11-14)28-19-12-18(22(21,4)23(19)13-27-23)29-20(26)8-6-5-7-16(25)15(2)24/h5-8,11,15-19,24-25H,9-10,12-13H2,1-4H3/b7-5+,8-6-/t15-,16-,17+,18+,19+,21-,22+,23?/m0/s1. The smallest absolute Gasteiger partial charge is 0.331 e. The van der Waals surface area contributed by atoms with E-state index in [1.165, 1.54) is 36.8 Å². The van der Waals surface area contributed by atoms with E-state index in [-0.39, 0.29) is 34.7 Å². The number of carbonyl (C=O) groups excluding carboxylic acids is 1. The predicted octanol–water partition coefficient (Wildman–Crippen LogP) is 2.45. The van der Waals surface area contributed by atoms with Gasteiger partial charge in [0.05, 0.1) is 31.0 Å². The lowest BCUT2D eigenvalue weighted by Gasteiger charge is -2.57. The van der Waals surface area contributed by atoms with Crippen molar-refractivity contribution in [3.63, 3.8) is 0 Å². The van der Waals surface area contributed by atoms with Crippen LogP contribution in [-0.4, -0.2) is 58.9 Å². The van der Waals surface area contributed by atoms with Crippen LogP contribution >= 0.6 is 0 Å². The maximum Gasteiger partial charge on any atom is 0.331 e. The predicted molar refractivity (Wildman–Crippen MR) is 107 cm³/mol. The van der Waals surface area contributed by atoms with E-state index in [9.17, 15) is 15.0 Å². The fraction of sp³-hybridized carbons (Fsp3) is 0.696. The van der Waals surface area contributed by atoms with Crippen molar-refractivity contribution < 1.29 is 29.2 Å². The van der Waals surface area contributed by atoms with Crippen LogP contribution in [-0.2, 0) is 19.0 Å². The second-order valence-corrected chi connectivity index (χ2v) is 9.49. The third-order valence-corrected chi connectivity index (χ3v) is 7.93. The molecule has 6 nitrogen and oxygen atoms in total. The molecule has 4 aliphatic rings. The third kappa shape index (κ3) is 3.03. The molecule has 1 saturated carbocycles. The number of fused-ring (bicyclic) bond motifs is 2. The fourth-order valence-electron chi connectivity index (χ4n) is 5.67. The number of ether oxygens (including phenoxy) is 3.